The first-order valence-corrected chi connectivity index (χ1v) is 21.7. The Labute approximate surface area is 392 Å². The van der Waals surface area contributed by atoms with Gasteiger partial charge in [0.15, 0.2) is 11.3 Å². The predicted molar refractivity (Wildman–Crippen MR) is 255 cm³/mol. The number of carbonyl (C=O) groups excluding carboxylic acids is 2. The minimum atomic E-state index is -0.748. The van der Waals surface area contributed by atoms with Crippen LogP contribution < -0.4 is 9.80 Å². The van der Waals surface area contributed by atoms with E-state index in [1.807, 2.05) is 30.3 Å². The molecule has 14 nitrogen and oxygen atoms in total. The van der Waals surface area contributed by atoms with E-state index in [1.54, 1.807) is 156 Å². The summed E-state index contributed by atoms with van der Waals surface area (Å²) in [5.74, 6) is -0.155. The fourth-order valence-corrected chi connectivity index (χ4v) is 7.23. The molecule has 3 aromatic carbocycles. The number of aromatic nitrogens is 8. The molecule has 0 bridgehead atoms. The van der Waals surface area contributed by atoms with Gasteiger partial charge in [0.1, 0.15) is 34.5 Å². The van der Waals surface area contributed by atoms with Crippen LogP contribution in [0.15, 0.2) is 157 Å². The third-order valence-corrected chi connectivity index (χ3v) is 10.3. The maximum atomic E-state index is 14.9. The molecule has 338 valence electrons. The molecule has 9 aromatic rings. The van der Waals surface area contributed by atoms with Crippen LogP contribution in [-0.4, -0.2) is 62.6 Å². The van der Waals surface area contributed by atoms with Crippen molar-refractivity contribution >= 4 is 62.4 Å². The van der Waals surface area contributed by atoms with Crippen LogP contribution in [0, 0.1) is 11.6 Å². The van der Waals surface area contributed by atoms with Gasteiger partial charge in [-0.1, -0.05) is 54.6 Å². The third kappa shape index (κ3) is 10.2. The van der Waals surface area contributed by atoms with Crippen molar-refractivity contribution in [3.05, 3.63) is 169 Å². The van der Waals surface area contributed by atoms with Crippen molar-refractivity contribution < 1.29 is 27.8 Å². The average molecular weight is 966 g/mol. The second kappa shape index (κ2) is 18.9. The van der Waals surface area contributed by atoms with Crippen molar-refractivity contribution in [2.45, 2.75) is 52.7 Å². The summed E-state index contributed by atoms with van der Waals surface area (Å²) >= 11 is 3.43. The zero-order valence-corrected chi connectivity index (χ0v) is 38.8. The minimum Gasteiger partial charge on any atom is -0.443 e. The maximum Gasteiger partial charge on any atom is 0.420 e. The molecule has 9 rings (SSSR count). The van der Waals surface area contributed by atoms with Gasteiger partial charge in [-0.25, -0.2) is 38.1 Å². The van der Waals surface area contributed by atoms with Gasteiger partial charge in [-0.05, 0) is 112 Å². The lowest BCUT2D eigenvalue weighted by Gasteiger charge is -2.27. The minimum absolute atomic E-state index is 0.304. The number of pyridine rings is 2. The number of anilines is 4. The van der Waals surface area contributed by atoms with Crippen molar-refractivity contribution in [2.75, 3.05) is 9.80 Å². The molecule has 0 fully saturated rings. The number of carbonyl (C=O) groups is 2. The number of ether oxygens (including phenoxy) is 2. The lowest BCUT2D eigenvalue weighted by atomic mass is 10.1. The van der Waals surface area contributed by atoms with Crippen LogP contribution in [0.1, 0.15) is 41.5 Å². The summed E-state index contributed by atoms with van der Waals surface area (Å²) in [5.41, 5.74) is 3.41. The number of fused-ring (bicyclic) bond motifs is 2. The lowest BCUT2D eigenvalue weighted by Crippen LogP contribution is -2.35. The Morgan fingerprint density at radius 2 is 0.970 bits per heavy atom. The Morgan fingerprint density at radius 3 is 1.43 bits per heavy atom. The normalized spacial score (nSPS) is 11.5. The molecular weight excluding hydrogens is 923 g/mol. The number of rotatable bonds is 7. The maximum absolute atomic E-state index is 14.9. The molecule has 0 saturated heterocycles. The molecular formula is C50H43BrF2N10O4. The van der Waals surface area contributed by atoms with E-state index in [1.165, 1.54) is 26.4 Å². The van der Waals surface area contributed by atoms with Crippen molar-refractivity contribution in [1.29, 1.82) is 0 Å². The van der Waals surface area contributed by atoms with Crippen LogP contribution in [-0.2, 0) is 9.47 Å². The molecule has 0 radical (unpaired) electrons. The molecule has 0 saturated carbocycles. The number of halogens is 3. The van der Waals surface area contributed by atoms with Crippen LogP contribution in [0.4, 0.5) is 41.4 Å². The summed E-state index contributed by atoms with van der Waals surface area (Å²) in [7, 11) is 0. The molecule has 0 N–H and O–H groups in total. The van der Waals surface area contributed by atoms with Gasteiger partial charge in [-0.15, -0.1) is 0 Å². The van der Waals surface area contributed by atoms with Gasteiger partial charge in [-0.2, -0.15) is 19.2 Å². The largest absolute Gasteiger partial charge is 0.443 e. The predicted octanol–water partition coefficient (Wildman–Crippen LogP) is 12.4. The molecule has 0 atom stereocenters. The molecule has 6 aromatic heterocycles. The van der Waals surface area contributed by atoms with E-state index in [2.05, 4.69) is 41.1 Å². The highest BCUT2D eigenvalue weighted by Crippen LogP contribution is 2.36. The van der Waals surface area contributed by atoms with Gasteiger partial charge in [-0.3, -0.25) is 9.97 Å². The Bertz CT molecular complexity index is 3210. The first-order valence-electron chi connectivity index (χ1n) is 20.9. The van der Waals surface area contributed by atoms with Gasteiger partial charge in [0, 0.05) is 53.6 Å². The average Bonchev–Trinajstić information content (AvgIpc) is 3.90. The van der Waals surface area contributed by atoms with Crippen molar-refractivity contribution in [2.24, 2.45) is 0 Å². The van der Waals surface area contributed by atoms with E-state index in [-0.39, 0.29) is 0 Å². The standard InChI is InChI=1S/C28H24FN5O2.C22H19BrFN5O2/c1-28(2,3)36-27(35)33(20-13-15-30-16-14-20)25-17-24(21-11-7-8-12-23(21)29)32-26-22(18-31-34(25)26)19-9-5-4-6-10-19;1-22(2,3)31-21(30)28(14-8-10-25-11-9-14)19-12-18(15-6-4-5-7-17(15)24)27-20-16(23)13-26-29(19)20/h4-18H,1-3H3;4-13H,1-3H3. The van der Waals surface area contributed by atoms with E-state index < -0.39 is 35.0 Å². The zero-order valence-electron chi connectivity index (χ0n) is 37.2. The number of hydrogen-bond donors (Lipinski definition) is 0. The summed E-state index contributed by atoms with van der Waals surface area (Å²) in [6, 6.07) is 32.4. The monoisotopic (exact) mass is 964 g/mol. The van der Waals surface area contributed by atoms with E-state index >= 15 is 0 Å². The molecule has 0 aliphatic rings. The number of nitrogens with zero attached hydrogens (tertiary/aromatic N) is 10. The van der Waals surface area contributed by atoms with Gasteiger partial charge in [0.25, 0.3) is 0 Å². The lowest BCUT2D eigenvalue weighted by molar-refractivity contribution is 0.0586. The van der Waals surface area contributed by atoms with Crippen molar-refractivity contribution in [3.8, 4) is 33.6 Å². The SMILES string of the molecule is CC(C)(C)OC(=O)N(c1ccncc1)c1cc(-c2ccccc2F)nc2c(-c3ccccc3)cnn12.CC(C)(C)OC(=O)N(c1ccncc1)c1cc(-c2ccccc2F)nc2c(Br)cnn12. The van der Waals surface area contributed by atoms with Crippen LogP contribution in [0.5, 0.6) is 0 Å². The zero-order chi connectivity index (χ0) is 47.5. The second-order valence-corrected chi connectivity index (χ2v) is 17.7. The highest BCUT2D eigenvalue weighted by Gasteiger charge is 2.31. The van der Waals surface area contributed by atoms with Crippen LogP contribution >= 0.6 is 15.9 Å². The van der Waals surface area contributed by atoms with Gasteiger partial charge in [0.2, 0.25) is 0 Å². The summed E-state index contributed by atoms with van der Waals surface area (Å²) in [4.78, 5) is 47.0. The molecule has 0 unspecified atom stereocenters. The second-order valence-electron chi connectivity index (χ2n) is 16.9. The topological polar surface area (TPSA) is 145 Å². The summed E-state index contributed by atoms with van der Waals surface area (Å²) in [6.07, 6.45) is 8.34. The molecule has 2 amide bonds. The Balaban J connectivity index is 0.000000184. The summed E-state index contributed by atoms with van der Waals surface area (Å²) in [6.45, 7) is 10.7. The Morgan fingerprint density at radius 1 is 0.552 bits per heavy atom. The first-order chi connectivity index (χ1) is 32.1. The third-order valence-electron chi connectivity index (χ3n) is 9.70. The molecule has 6 heterocycles. The van der Waals surface area contributed by atoms with E-state index in [0.717, 1.165) is 11.1 Å². The Hall–Kier alpha value is -7.92. The smallest absolute Gasteiger partial charge is 0.420 e. The van der Waals surface area contributed by atoms with Gasteiger partial charge >= 0.3 is 12.2 Å². The first kappa shape index (κ1) is 45.6. The van der Waals surface area contributed by atoms with E-state index in [9.17, 15) is 18.4 Å². The number of benzene rings is 3. The van der Waals surface area contributed by atoms with Crippen LogP contribution in [0.3, 0.4) is 0 Å². The van der Waals surface area contributed by atoms with Crippen molar-refractivity contribution in [1.82, 2.24) is 39.2 Å². The quantitative estimate of drug-likeness (QED) is 0.151. The van der Waals surface area contributed by atoms with Crippen LogP contribution in [0.2, 0.25) is 0 Å². The highest BCUT2D eigenvalue weighted by molar-refractivity contribution is 9.10. The molecule has 0 aliphatic heterocycles. The Kier molecular flexibility index (Phi) is 12.9. The summed E-state index contributed by atoms with van der Waals surface area (Å²) < 4.78 is 44.5. The van der Waals surface area contributed by atoms with Crippen molar-refractivity contribution in [3.63, 3.8) is 0 Å². The highest BCUT2D eigenvalue weighted by atomic mass is 79.9. The van der Waals surface area contributed by atoms with E-state index in [4.69, 9.17) is 14.5 Å². The number of amides is 2. The van der Waals surface area contributed by atoms with Gasteiger partial charge < -0.3 is 9.47 Å². The van der Waals surface area contributed by atoms with E-state index in [0.29, 0.717) is 61.3 Å². The van der Waals surface area contributed by atoms with Gasteiger partial charge in [0.05, 0.1) is 39.6 Å². The fourth-order valence-electron chi connectivity index (χ4n) is 6.88. The molecule has 67 heavy (non-hydrogen) atoms. The summed E-state index contributed by atoms with van der Waals surface area (Å²) in [5, 5.41) is 8.92. The van der Waals surface area contributed by atoms with Crippen LogP contribution in [0.25, 0.3) is 44.9 Å². The molecule has 0 spiro atoms. The molecule has 0 aliphatic carbocycles. The number of hydrogen-bond acceptors (Lipinski definition) is 10. The fraction of sp³-hybridized carbons (Fsp3) is 0.160. The molecule has 17 heteroatoms.